The number of benzene rings is 1. The third-order valence-electron chi connectivity index (χ3n) is 3.56. The van der Waals surface area contributed by atoms with Crippen LogP contribution < -0.4 is 16.0 Å². The van der Waals surface area contributed by atoms with Crippen molar-refractivity contribution in [3.8, 4) is 5.75 Å². The minimum absolute atomic E-state index is 0.112. The summed E-state index contributed by atoms with van der Waals surface area (Å²) in [4.78, 5) is 0. The molecule has 0 fully saturated rings. The predicted octanol–water partition coefficient (Wildman–Crippen LogP) is 1.22. The maximum absolute atomic E-state index is 5.76. The van der Waals surface area contributed by atoms with Gasteiger partial charge in [0.1, 0.15) is 5.75 Å². The molecule has 3 rings (SSSR count). The van der Waals surface area contributed by atoms with Crippen LogP contribution in [0.25, 0.3) is 0 Å². The first-order valence-electron chi connectivity index (χ1n) is 6.42. The van der Waals surface area contributed by atoms with Crippen LogP contribution in [0.15, 0.2) is 24.3 Å². The number of hydrazine groups is 1. The minimum Gasteiger partial charge on any atom is -0.493 e. The van der Waals surface area contributed by atoms with E-state index in [0.717, 1.165) is 35.7 Å². The molecule has 0 saturated heterocycles. The minimum atomic E-state index is -0.112. The Balaban J connectivity index is 2.09. The molecule has 0 saturated carbocycles. The second-order valence-electron chi connectivity index (χ2n) is 4.87. The van der Waals surface area contributed by atoms with Gasteiger partial charge in [0.05, 0.1) is 24.0 Å². The van der Waals surface area contributed by atoms with Gasteiger partial charge < -0.3 is 4.74 Å². The van der Waals surface area contributed by atoms with Crippen LogP contribution in [0.3, 0.4) is 0 Å². The molecule has 1 unspecified atom stereocenters. The number of hydrogen-bond donors (Lipinski definition) is 2. The van der Waals surface area contributed by atoms with Gasteiger partial charge in [-0.1, -0.05) is 18.2 Å². The third-order valence-corrected chi connectivity index (χ3v) is 3.56. The molecule has 1 aromatic heterocycles. The molecule has 1 aliphatic heterocycles. The molecule has 1 aliphatic rings. The lowest BCUT2D eigenvalue weighted by Crippen LogP contribution is -2.30. The van der Waals surface area contributed by atoms with E-state index in [2.05, 4.69) is 28.7 Å². The molecule has 1 aromatic carbocycles. The standard InChI is InChI=1S/C14H18N4O/c1-9-8-12(18(2)17-9)13(16-15)11-5-3-4-10-6-7-19-14(10)11/h3-5,8,13,16H,6-7,15H2,1-2H3. The van der Waals surface area contributed by atoms with E-state index in [9.17, 15) is 0 Å². The van der Waals surface area contributed by atoms with Gasteiger partial charge in [0.15, 0.2) is 0 Å². The molecular weight excluding hydrogens is 240 g/mol. The van der Waals surface area contributed by atoms with E-state index in [0.29, 0.717) is 0 Å². The van der Waals surface area contributed by atoms with Crippen LogP contribution in [0.5, 0.6) is 5.75 Å². The Morgan fingerprint density at radius 3 is 3.00 bits per heavy atom. The number of ether oxygens (including phenoxy) is 1. The molecule has 2 heterocycles. The highest BCUT2D eigenvalue weighted by molar-refractivity contribution is 5.48. The fourth-order valence-electron chi connectivity index (χ4n) is 2.70. The van der Waals surface area contributed by atoms with Crippen molar-refractivity contribution in [3.63, 3.8) is 0 Å². The van der Waals surface area contributed by atoms with Crippen molar-refractivity contribution in [2.24, 2.45) is 12.9 Å². The number of aromatic nitrogens is 2. The van der Waals surface area contributed by atoms with Gasteiger partial charge in [-0.2, -0.15) is 5.10 Å². The Bertz CT molecular complexity index is 605. The summed E-state index contributed by atoms with van der Waals surface area (Å²) in [6, 6.07) is 8.14. The Morgan fingerprint density at radius 1 is 1.47 bits per heavy atom. The number of rotatable bonds is 3. The smallest absolute Gasteiger partial charge is 0.127 e. The number of nitrogens with two attached hydrogens (primary N) is 1. The largest absolute Gasteiger partial charge is 0.493 e. The fourth-order valence-corrected chi connectivity index (χ4v) is 2.70. The fraction of sp³-hybridized carbons (Fsp3) is 0.357. The molecule has 0 bridgehead atoms. The zero-order valence-electron chi connectivity index (χ0n) is 11.2. The number of aryl methyl sites for hydroxylation is 2. The SMILES string of the molecule is Cc1cc(C(NN)c2cccc3c2OCC3)n(C)n1. The van der Waals surface area contributed by atoms with Gasteiger partial charge in [-0.3, -0.25) is 10.5 Å². The number of hydrogen-bond acceptors (Lipinski definition) is 4. The lowest BCUT2D eigenvalue weighted by atomic mass is 9.99. The third kappa shape index (κ3) is 2.01. The average Bonchev–Trinajstić information content (AvgIpc) is 2.98. The Labute approximate surface area is 112 Å². The van der Waals surface area contributed by atoms with Crippen LogP contribution in [0.2, 0.25) is 0 Å². The van der Waals surface area contributed by atoms with Crippen molar-refractivity contribution in [3.05, 3.63) is 46.8 Å². The van der Waals surface area contributed by atoms with Crippen LogP contribution in [-0.2, 0) is 13.5 Å². The van der Waals surface area contributed by atoms with E-state index in [1.807, 2.05) is 24.7 Å². The van der Waals surface area contributed by atoms with E-state index in [1.54, 1.807) is 0 Å². The number of nitrogens with zero attached hydrogens (tertiary/aromatic N) is 2. The summed E-state index contributed by atoms with van der Waals surface area (Å²) in [5, 5.41) is 4.38. The molecule has 0 radical (unpaired) electrons. The topological polar surface area (TPSA) is 65.1 Å². The lowest BCUT2D eigenvalue weighted by Gasteiger charge is -2.19. The maximum Gasteiger partial charge on any atom is 0.127 e. The first kappa shape index (κ1) is 12.2. The van der Waals surface area contributed by atoms with E-state index in [-0.39, 0.29) is 6.04 Å². The Hall–Kier alpha value is -1.85. The quantitative estimate of drug-likeness (QED) is 0.641. The van der Waals surface area contributed by atoms with Crippen molar-refractivity contribution in [1.82, 2.24) is 15.2 Å². The van der Waals surface area contributed by atoms with Crippen LogP contribution in [0, 0.1) is 6.92 Å². The highest BCUT2D eigenvalue weighted by Gasteiger charge is 2.24. The van der Waals surface area contributed by atoms with Crippen molar-refractivity contribution >= 4 is 0 Å². The van der Waals surface area contributed by atoms with Crippen LogP contribution in [-0.4, -0.2) is 16.4 Å². The zero-order valence-corrected chi connectivity index (χ0v) is 11.2. The number of fused-ring (bicyclic) bond motifs is 1. The first-order chi connectivity index (χ1) is 9.20. The van der Waals surface area contributed by atoms with Crippen molar-refractivity contribution in [2.75, 3.05) is 6.61 Å². The molecule has 0 aliphatic carbocycles. The monoisotopic (exact) mass is 258 g/mol. The van der Waals surface area contributed by atoms with Crippen molar-refractivity contribution in [1.29, 1.82) is 0 Å². The summed E-state index contributed by atoms with van der Waals surface area (Å²) in [6.07, 6.45) is 0.963. The molecule has 5 nitrogen and oxygen atoms in total. The summed E-state index contributed by atoms with van der Waals surface area (Å²) in [5.41, 5.74) is 7.20. The molecule has 0 spiro atoms. The van der Waals surface area contributed by atoms with Crippen LogP contribution >= 0.6 is 0 Å². The molecule has 3 N–H and O–H groups in total. The summed E-state index contributed by atoms with van der Waals surface area (Å²) in [5.74, 6) is 6.72. The second kappa shape index (κ2) is 4.68. The van der Waals surface area contributed by atoms with Gasteiger partial charge in [-0.05, 0) is 18.6 Å². The zero-order chi connectivity index (χ0) is 13.4. The van der Waals surface area contributed by atoms with E-state index >= 15 is 0 Å². The summed E-state index contributed by atoms with van der Waals surface area (Å²) >= 11 is 0. The number of nitrogens with one attached hydrogen (secondary N) is 1. The van der Waals surface area contributed by atoms with Gasteiger partial charge in [0.25, 0.3) is 0 Å². The van der Waals surface area contributed by atoms with Gasteiger partial charge in [-0.25, -0.2) is 5.43 Å². The predicted molar refractivity (Wildman–Crippen MR) is 72.8 cm³/mol. The molecule has 2 aromatic rings. The molecule has 1 atom stereocenters. The summed E-state index contributed by atoms with van der Waals surface area (Å²) < 4.78 is 7.61. The lowest BCUT2D eigenvalue weighted by molar-refractivity contribution is 0.350. The molecule has 5 heteroatoms. The first-order valence-corrected chi connectivity index (χ1v) is 6.42. The van der Waals surface area contributed by atoms with Crippen molar-refractivity contribution in [2.45, 2.75) is 19.4 Å². The number of para-hydroxylation sites is 1. The molecule has 100 valence electrons. The van der Waals surface area contributed by atoms with E-state index < -0.39 is 0 Å². The van der Waals surface area contributed by atoms with Crippen LogP contribution in [0.1, 0.15) is 28.6 Å². The average molecular weight is 258 g/mol. The molecule has 0 amide bonds. The molecular formula is C14H18N4O. The maximum atomic E-state index is 5.76. The van der Waals surface area contributed by atoms with Gasteiger partial charge >= 0.3 is 0 Å². The molecule has 19 heavy (non-hydrogen) atoms. The van der Waals surface area contributed by atoms with Gasteiger partial charge in [0, 0.05) is 19.0 Å². The normalized spacial score (nSPS) is 15.1. The van der Waals surface area contributed by atoms with Gasteiger partial charge in [0.2, 0.25) is 0 Å². The summed E-state index contributed by atoms with van der Waals surface area (Å²) in [7, 11) is 1.93. The highest BCUT2D eigenvalue weighted by Crippen LogP contribution is 2.35. The second-order valence-corrected chi connectivity index (χ2v) is 4.87. The van der Waals surface area contributed by atoms with Gasteiger partial charge in [-0.15, -0.1) is 0 Å². The van der Waals surface area contributed by atoms with E-state index in [4.69, 9.17) is 10.6 Å². The van der Waals surface area contributed by atoms with Crippen LogP contribution in [0.4, 0.5) is 0 Å². The highest BCUT2D eigenvalue weighted by atomic mass is 16.5. The van der Waals surface area contributed by atoms with Crippen molar-refractivity contribution < 1.29 is 4.74 Å². The Kier molecular flexibility index (Phi) is 3.00. The Morgan fingerprint density at radius 2 is 2.32 bits per heavy atom. The summed E-state index contributed by atoms with van der Waals surface area (Å²) in [6.45, 7) is 2.72. The van der Waals surface area contributed by atoms with E-state index in [1.165, 1.54) is 5.56 Å².